The molecular formula is C38H53N2O5PS2. The summed E-state index contributed by atoms with van der Waals surface area (Å²) in [4.78, 5) is 20.4. The minimum Gasteiger partial charge on any atom is -0.497 e. The molecule has 7 nitrogen and oxygen atoms in total. The van der Waals surface area contributed by atoms with E-state index in [0.29, 0.717) is 19.4 Å². The lowest BCUT2D eigenvalue weighted by molar-refractivity contribution is 0.0137. The fraction of sp³-hybridized carbons (Fsp3) is 0.500. The Morgan fingerprint density at radius 3 is 1.81 bits per heavy atom. The summed E-state index contributed by atoms with van der Waals surface area (Å²) in [5, 5.41) is 9.25. The van der Waals surface area contributed by atoms with Crippen LogP contribution in [0.1, 0.15) is 89.8 Å². The Bertz CT molecular complexity index is 1350. The van der Waals surface area contributed by atoms with Gasteiger partial charge in [-0.3, -0.25) is 0 Å². The lowest BCUT2D eigenvalue weighted by Crippen LogP contribution is -2.46. The molecule has 0 saturated carbocycles. The summed E-state index contributed by atoms with van der Waals surface area (Å²) in [5.41, 5.74) is 1.84. The Kier molecular flexibility index (Phi) is 16.1. The van der Waals surface area contributed by atoms with Crippen LogP contribution in [0.3, 0.4) is 0 Å². The van der Waals surface area contributed by atoms with Gasteiger partial charge in [0.15, 0.2) is 0 Å². The number of nitriles is 1. The van der Waals surface area contributed by atoms with Gasteiger partial charge in [0.1, 0.15) is 17.1 Å². The molecule has 0 saturated heterocycles. The molecule has 10 heteroatoms. The van der Waals surface area contributed by atoms with E-state index in [-0.39, 0.29) is 10.8 Å². The predicted molar refractivity (Wildman–Crippen MR) is 202 cm³/mol. The summed E-state index contributed by atoms with van der Waals surface area (Å²) in [5.74, 6) is 2.52. The first-order chi connectivity index (χ1) is 22.9. The second kappa shape index (κ2) is 19.2. The highest BCUT2D eigenvalue weighted by Gasteiger charge is 2.39. The fourth-order valence-electron chi connectivity index (χ4n) is 6.28. The van der Waals surface area contributed by atoms with E-state index in [1.807, 2.05) is 77.9 Å². The highest BCUT2D eigenvalue weighted by Crippen LogP contribution is 2.46. The molecule has 262 valence electrons. The van der Waals surface area contributed by atoms with Crippen LogP contribution in [0.15, 0.2) is 78.9 Å². The molecule has 0 spiro atoms. The average molecular weight is 713 g/mol. The van der Waals surface area contributed by atoms with Crippen molar-refractivity contribution in [3.63, 3.8) is 0 Å². The quantitative estimate of drug-likeness (QED) is 0.0485. The fourth-order valence-corrected chi connectivity index (χ4v) is 10.0. The zero-order valence-corrected chi connectivity index (χ0v) is 32.0. The van der Waals surface area contributed by atoms with Crippen LogP contribution in [-0.2, 0) is 10.3 Å². The number of ether oxygens (including phenoxy) is 3. The summed E-state index contributed by atoms with van der Waals surface area (Å²) in [6.45, 7) is 11.1. The van der Waals surface area contributed by atoms with Crippen molar-refractivity contribution < 1.29 is 24.0 Å². The smallest absolute Gasteiger partial charge is 0.253 e. The van der Waals surface area contributed by atoms with Crippen molar-refractivity contribution >= 4 is 30.1 Å². The molecule has 0 amide bonds. The van der Waals surface area contributed by atoms with Crippen LogP contribution in [0.5, 0.6) is 11.5 Å². The first-order valence-electron chi connectivity index (χ1n) is 16.6. The van der Waals surface area contributed by atoms with Crippen LogP contribution in [0.2, 0.25) is 0 Å². The monoisotopic (exact) mass is 712 g/mol. The lowest BCUT2D eigenvalue weighted by atomic mass is 9.80. The Labute approximate surface area is 297 Å². The molecule has 0 radical (unpaired) electrons. The standard InChI is InChI=1S/C38H53N2O5PS2/c1-30(2)40(46(41)42)37(5,26-12-27-39)25-11-24-36(3,4)48-47-29-13-28-45-38(31-14-9-8-10-15-31,32-16-20-34(43-6)21-17-32)33-18-22-35(44-7)23-19-33/h8-10,14-23,30,41-42H,11-13,24-26,28-29H2,1-7H3. The van der Waals surface area contributed by atoms with Crippen LogP contribution >= 0.6 is 30.1 Å². The normalized spacial score (nSPS) is 13.5. The third-order valence-corrected chi connectivity index (χ3v) is 13.4. The molecule has 1 unspecified atom stereocenters. The molecule has 0 aromatic heterocycles. The zero-order valence-electron chi connectivity index (χ0n) is 29.5. The van der Waals surface area contributed by atoms with Crippen molar-refractivity contribution in [3.05, 3.63) is 95.6 Å². The number of rotatable bonds is 21. The number of hydrogen-bond donors (Lipinski definition) is 2. The number of benzene rings is 3. The minimum absolute atomic E-state index is 0.0231. The maximum atomic E-state index is 10.2. The van der Waals surface area contributed by atoms with Crippen LogP contribution in [0, 0.1) is 11.3 Å². The molecule has 1 atom stereocenters. The summed E-state index contributed by atoms with van der Waals surface area (Å²) in [6.07, 6.45) is 4.59. The molecule has 3 aromatic carbocycles. The van der Waals surface area contributed by atoms with Gasteiger partial charge in [0, 0.05) is 35.1 Å². The van der Waals surface area contributed by atoms with Crippen molar-refractivity contribution in [1.29, 1.82) is 5.26 Å². The van der Waals surface area contributed by atoms with Crippen LogP contribution in [0.4, 0.5) is 0 Å². The second-order valence-corrected chi connectivity index (χ2v) is 17.2. The Morgan fingerprint density at radius 2 is 1.33 bits per heavy atom. The predicted octanol–water partition coefficient (Wildman–Crippen LogP) is 9.72. The molecule has 3 aromatic rings. The van der Waals surface area contributed by atoms with Gasteiger partial charge in [-0.25, -0.2) is 4.67 Å². The van der Waals surface area contributed by atoms with E-state index in [4.69, 9.17) is 14.2 Å². The van der Waals surface area contributed by atoms with E-state index < -0.39 is 19.7 Å². The molecule has 0 aliphatic heterocycles. The number of hydrogen-bond acceptors (Lipinski definition) is 9. The average Bonchev–Trinajstić information content (AvgIpc) is 3.07. The van der Waals surface area contributed by atoms with Crippen molar-refractivity contribution in [1.82, 2.24) is 4.67 Å². The number of nitrogens with zero attached hydrogens (tertiary/aromatic N) is 2. The summed E-state index contributed by atoms with van der Waals surface area (Å²) in [7, 11) is 4.88. The van der Waals surface area contributed by atoms with E-state index in [2.05, 4.69) is 63.2 Å². The molecule has 2 N–H and O–H groups in total. The van der Waals surface area contributed by atoms with E-state index >= 15 is 0 Å². The van der Waals surface area contributed by atoms with Gasteiger partial charge in [-0.15, -0.1) is 0 Å². The highest BCUT2D eigenvalue weighted by atomic mass is 33.1. The summed E-state index contributed by atoms with van der Waals surface area (Å²) >= 11 is 0. The maximum absolute atomic E-state index is 10.2. The Hall–Kier alpha value is -2.28. The molecule has 48 heavy (non-hydrogen) atoms. The minimum atomic E-state index is -2.23. The van der Waals surface area contributed by atoms with Gasteiger partial charge >= 0.3 is 0 Å². The SMILES string of the molecule is COc1ccc(C(OCCCSSC(C)(C)CCCC(C)(CCC#N)N(C(C)C)P(O)O)(c2ccccc2)c2ccc(OC)cc2)cc1. The van der Waals surface area contributed by atoms with Crippen molar-refractivity contribution in [2.45, 2.75) is 95.1 Å². The van der Waals surface area contributed by atoms with Gasteiger partial charge < -0.3 is 24.0 Å². The Balaban J connectivity index is 1.67. The summed E-state index contributed by atoms with van der Waals surface area (Å²) < 4.78 is 19.8. The third kappa shape index (κ3) is 10.9. The van der Waals surface area contributed by atoms with Gasteiger partial charge in [0.2, 0.25) is 0 Å². The van der Waals surface area contributed by atoms with E-state index in [9.17, 15) is 15.0 Å². The van der Waals surface area contributed by atoms with Gasteiger partial charge in [-0.05, 0) is 101 Å². The van der Waals surface area contributed by atoms with Gasteiger partial charge in [-0.1, -0.05) is 82.6 Å². The van der Waals surface area contributed by atoms with Crippen molar-refractivity contribution in [2.75, 3.05) is 26.6 Å². The summed E-state index contributed by atoms with van der Waals surface area (Å²) in [6, 6.07) is 28.8. The molecule has 0 bridgehead atoms. The first kappa shape index (κ1) is 40.2. The topological polar surface area (TPSA) is 95.2 Å². The maximum Gasteiger partial charge on any atom is 0.253 e. The first-order valence-corrected chi connectivity index (χ1v) is 20.1. The Morgan fingerprint density at radius 1 is 0.792 bits per heavy atom. The van der Waals surface area contributed by atoms with Crippen LogP contribution < -0.4 is 9.47 Å². The molecule has 3 rings (SSSR count). The number of methoxy groups -OCH3 is 2. The highest BCUT2D eigenvalue weighted by molar-refractivity contribution is 8.77. The van der Waals surface area contributed by atoms with E-state index in [1.54, 1.807) is 18.9 Å². The second-order valence-electron chi connectivity index (χ2n) is 13.1. The molecule has 0 aliphatic rings. The molecule has 0 heterocycles. The molecular weight excluding hydrogens is 660 g/mol. The van der Waals surface area contributed by atoms with Gasteiger partial charge in [-0.2, -0.15) is 5.26 Å². The largest absolute Gasteiger partial charge is 0.497 e. The van der Waals surface area contributed by atoms with E-state index in [1.165, 1.54) is 0 Å². The van der Waals surface area contributed by atoms with Gasteiger partial charge in [0.05, 0.1) is 20.3 Å². The molecule has 0 fully saturated rings. The van der Waals surface area contributed by atoms with Crippen molar-refractivity contribution in [2.24, 2.45) is 0 Å². The third-order valence-electron chi connectivity index (χ3n) is 8.65. The van der Waals surface area contributed by atoms with Crippen molar-refractivity contribution in [3.8, 4) is 17.6 Å². The zero-order chi connectivity index (χ0) is 35.2. The van der Waals surface area contributed by atoms with Crippen LogP contribution in [-0.4, -0.2) is 57.4 Å². The lowest BCUT2D eigenvalue weighted by Gasteiger charge is -2.44. The van der Waals surface area contributed by atoms with Gasteiger partial charge in [0.25, 0.3) is 8.53 Å². The molecule has 0 aliphatic carbocycles. The van der Waals surface area contributed by atoms with Crippen LogP contribution in [0.25, 0.3) is 0 Å². The van der Waals surface area contributed by atoms with E-state index in [0.717, 1.165) is 59.6 Å².